The number of aliphatic carboxylic acids is 1. The Morgan fingerprint density at radius 2 is 1.73 bits per heavy atom. The molecule has 0 aromatic heterocycles. The number of carbonyl (C=O) groups excluding carboxylic acids is 1. The fraction of sp³-hybridized carbons (Fsp3) is 0.176. The summed E-state index contributed by atoms with van der Waals surface area (Å²) in [5.74, 6) is -4.04. The zero-order valence-electron chi connectivity index (χ0n) is 14.8. The lowest BCUT2D eigenvalue weighted by Crippen LogP contribution is -2.43. The maximum atomic E-state index is 13.2. The summed E-state index contributed by atoms with van der Waals surface area (Å²) in [6, 6.07) is 3.88. The summed E-state index contributed by atoms with van der Waals surface area (Å²) in [6.45, 7) is -0.987. The Labute approximate surface area is 167 Å². The van der Waals surface area contributed by atoms with Gasteiger partial charge in [0.05, 0.1) is 23.4 Å². The van der Waals surface area contributed by atoms with Gasteiger partial charge in [0.1, 0.15) is 10.7 Å². The Hall–Kier alpha value is -3.19. The molecule has 4 N–H and O–H groups in total. The first-order valence-electron chi connectivity index (χ1n) is 8.00. The fourth-order valence-electron chi connectivity index (χ4n) is 2.35. The number of hydrogen-bond acceptors (Lipinski definition) is 5. The Kier molecular flexibility index (Phi) is 6.67. The molecule has 2 aromatic carbocycles. The number of halogens is 4. The molecule has 0 heterocycles. The van der Waals surface area contributed by atoms with Crippen molar-refractivity contribution in [3.8, 4) is 0 Å². The Bertz CT molecular complexity index is 1070. The van der Waals surface area contributed by atoms with E-state index >= 15 is 0 Å². The van der Waals surface area contributed by atoms with Gasteiger partial charge in [-0.25, -0.2) is 17.6 Å². The van der Waals surface area contributed by atoms with Crippen molar-refractivity contribution in [2.24, 2.45) is 0 Å². The Morgan fingerprint density at radius 1 is 1.10 bits per heavy atom. The smallest absolute Gasteiger partial charge is 0.418 e. The molecule has 0 aliphatic heterocycles. The summed E-state index contributed by atoms with van der Waals surface area (Å²) in [5, 5.41) is 19.8. The van der Waals surface area contributed by atoms with Gasteiger partial charge in [-0.05, 0) is 30.3 Å². The number of sulfonamides is 1. The van der Waals surface area contributed by atoms with Crippen LogP contribution in [0.15, 0.2) is 47.4 Å². The average molecular weight is 450 g/mol. The van der Waals surface area contributed by atoms with Crippen LogP contribution in [0.2, 0.25) is 0 Å². The minimum absolute atomic E-state index is 0.106. The van der Waals surface area contributed by atoms with Crippen LogP contribution >= 0.6 is 0 Å². The van der Waals surface area contributed by atoms with Crippen molar-refractivity contribution in [1.82, 2.24) is 5.32 Å². The monoisotopic (exact) mass is 450 g/mol. The molecule has 162 valence electrons. The summed E-state index contributed by atoms with van der Waals surface area (Å²) in [4.78, 5) is 22.5. The van der Waals surface area contributed by atoms with Crippen molar-refractivity contribution >= 4 is 27.6 Å². The van der Waals surface area contributed by atoms with Gasteiger partial charge in [0.25, 0.3) is 15.9 Å². The summed E-state index contributed by atoms with van der Waals surface area (Å²) in [5.41, 5.74) is -3.14. The Morgan fingerprint density at radius 3 is 2.30 bits per heavy atom. The highest BCUT2D eigenvalue weighted by molar-refractivity contribution is 7.92. The van der Waals surface area contributed by atoms with E-state index in [0.29, 0.717) is 12.1 Å². The normalized spacial score (nSPS) is 12.8. The number of anilines is 1. The van der Waals surface area contributed by atoms with Crippen LogP contribution in [0.1, 0.15) is 15.9 Å². The van der Waals surface area contributed by atoms with E-state index in [4.69, 9.17) is 10.2 Å². The number of alkyl halides is 3. The first-order chi connectivity index (χ1) is 13.9. The zero-order chi connectivity index (χ0) is 22.7. The van der Waals surface area contributed by atoms with Crippen molar-refractivity contribution < 1.29 is 45.8 Å². The molecule has 0 saturated carbocycles. The van der Waals surface area contributed by atoms with Crippen LogP contribution in [0.4, 0.5) is 23.2 Å². The Balaban J connectivity index is 2.46. The minimum Gasteiger partial charge on any atom is -0.480 e. The lowest BCUT2D eigenvalue weighted by Gasteiger charge is -2.17. The van der Waals surface area contributed by atoms with Gasteiger partial charge in [0.2, 0.25) is 0 Å². The van der Waals surface area contributed by atoms with Crippen molar-refractivity contribution in [2.75, 3.05) is 11.3 Å². The van der Waals surface area contributed by atoms with Gasteiger partial charge < -0.3 is 15.5 Å². The molecule has 0 fully saturated rings. The number of benzene rings is 2. The van der Waals surface area contributed by atoms with Crippen molar-refractivity contribution in [2.45, 2.75) is 17.1 Å². The molecule has 1 atom stereocenters. The van der Waals surface area contributed by atoms with E-state index in [0.717, 1.165) is 12.1 Å². The van der Waals surface area contributed by atoms with Crippen LogP contribution in [-0.4, -0.2) is 43.2 Å². The molecular formula is C17H14F4N2O6S. The molecule has 0 spiro atoms. The lowest BCUT2D eigenvalue weighted by molar-refractivity contribution is -0.140. The molecule has 8 nitrogen and oxygen atoms in total. The minimum atomic E-state index is -5.08. The second kappa shape index (κ2) is 8.67. The van der Waals surface area contributed by atoms with Gasteiger partial charge in [-0.15, -0.1) is 0 Å². The summed E-state index contributed by atoms with van der Waals surface area (Å²) < 4.78 is 79.6. The third kappa shape index (κ3) is 5.24. The van der Waals surface area contributed by atoms with E-state index in [9.17, 15) is 35.6 Å². The number of carbonyl (C=O) groups is 2. The zero-order valence-corrected chi connectivity index (χ0v) is 15.6. The van der Waals surface area contributed by atoms with E-state index in [1.165, 1.54) is 12.1 Å². The lowest BCUT2D eigenvalue weighted by atomic mass is 10.2. The maximum Gasteiger partial charge on any atom is 0.418 e. The number of aliphatic hydroxyl groups excluding tert-OH is 1. The van der Waals surface area contributed by atoms with E-state index < -0.39 is 68.3 Å². The SMILES string of the molecule is O=C(NC(CO)C(=O)O)c1ccccc1S(=O)(=O)Nc1ccc(F)cc1C(F)(F)F. The summed E-state index contributed by atoms with van der Waals surface area (Å²) in [7, 11) is -4.79. The van der Waals surface area contributed by atoms with E-state index in [-0.39, 0.29) is 6.07 Å². The van der Waals surface area contributed by atoms with Gasteiger partial charge in [-0.2, -0.15) is 13.2 Å². The number of aliphatic hydroxyl groups is 1. The standard InChI is InChI=1S/C17H14F4N2O6S/c18-9-5-6-12(11(7-9)17(19,20)21)23-30(28,29)14-4-2-1-3-10(14)15(25)22-13(8-24)16(26)27/h1-7,13,23-24H,8H2,(H,22,25)(H,26,27). The van der Waals surface area contributed by atoms with E-state index in [1.807, 2.05) is 5.32 Å². The van der Waals surface area contributed by atoms with Crippen LogP contribution in [0, 0.1) is 5.82 Å². The number of amides is 1. The second-order valence-electron chi connectivity index (χ2n) is 5.84. The summed E-state index contributed by atoms with van der Waals surface area (Å²) >= 11 is 0. The molecule has 2 aromatic rings. The van der Waals surface area contributed by atoms with Crippen LogP contribution < -0.4 is 10.0 Å². The molecule has 0 radical (unpaired) electrons. The molecule has 13 heteroatoms. The quantitative estimate of drug-likeness (QED) is 0.476. The molecule has 0 aliphatic carbocycles. The highest BCUT2D eigenvalue weighted by Crippen LogP contribution is 2.36. The number of nitrogens with one attached hydrogen (secondary N) is 2. The number of carboxylic acid groups (broad SMARTS) is 1. The van der Waals surface area contributed by atoms with Gasteiger partial charge in [0, 0.05) is 0 Å². The topological polar surface area (TPSA) is 133 Å². The molecule has 0 saturated heterocycles. The molecule has 1 amide bonds. The van der Waals surface area contributed by atoms with Crippen LogP contribution in [0.3, 0.4) is 0 Å². The van der Waals surface area contributed by atoms with Crippen molar-refractivity contribution in [3.63, 3.8) is 0 Å². The molecule has 30 heavy (non-hydrogen) atoms. The van der Waals surface area contributed by atoms with Gasteiger partial charge in [-0.1, -0.05) is 12.1 Å². The third-order valence-electron chi connectivity index (χ3n) is 3.74. The van der Waals surface area contributed by atoms with Crippen molar-refractivity contribution in [3.05, 3.63) is 59.4 Å². The molecule has 0 bridgehead atoms. The average Bonchev–Trinajstić information content (AvgIpc) is 2.66. The van der Waals surface area contributed by atoms with Crippen LogP contribution in [0.25, 0.3) is 0 Å². The maximum absolute atomic E-state index is 13.2. The number of rotatable bonds is 7. The predicted molar refractivity (Wildman–Crippen MR) is 94.6 cm³/mol. The molecule has 0 aliphatic rings. The van der Waals surface area contributed by atoms with E-state index in [2.05, 4.69) is 0 Å². The second-order valence-corrected chi connectivity index (χ2v) is 7.49. The van der Waals surface area contributed by atoms with Crippen LogP contribution in [0.5, 0.6) is 0 Å². The molecule has 1 unspecified atom stereocenters. The van der Waals surface area contributed by atoms with Gasteiger partial charge in [0.15, 0.2) is 6.04 Å². The third-order valence-corrected chi connectivity index (χ3v) is 5.16. The first kappa shape index (κ1) is 23.1. The predicted octanol–water partition coefficient (Wildman–Crippen LogP) is 1.82. The molecular weight excluding hydrogens is 436 g/mol. The van der Waals surface area contributed by atoms with Crippen molar-refractivity contribution in [1.29, 1.82) is 0 Å². The first-order valence-corrected chi connectivity index (χ1v) is 9.48. The van der Waals surface area contributed by atoms with E-state index in [1.54, 1.807) is 4.72 Å². The summed E-state index contributed by atoms with van der Waals surface area (Å²) in [6.07, 6.45) is -5.08. The number of carboxylic acids is 1. The highest BCUT2D eigenvalue weighted by Gasteiger charge is 2.35. The molecule has 2 rings (SSSR count). The number of hydrogen-bond donors (Lipinski definition) is 4. The fourth-order valence-corrected chi connectivity index (χ4v) is 3.64. The largest absolute Gasteiger partial charge is 0.480 e. The van der Waals surface area contributed by atoms with Gasteiger partial charge in [-0.3, -0.25) is 9.52 Å². The van der Waals surface area contributed by atoms with Crippen LogP contribution in [-0.2, 0) is 21.0 Å². The highest BCUT2D eigenvalue weighted by atomic mass is 32.2. The van der Waals surface area contributed by atoms with Gasteiger partial charge >= 0.3 is 12.1 Å².